The van der Waals surface area contributed by atoms with Gasteiger partial charge in [-0.15, -0.1) is 0 Å². The van der Waals surface area contributed by atoms with Crippen LogP contribution in [0.4, 0.5) is 5.13 Å². The van der Waals surface area contributed by atoms with Crippen LogP contribution in [0.5, 0.6) is 5.75 Å². The molecule has 0 aliphatic carbocycles. The molecule has 0 saturated carbocycles. The average molecular weight is 329 g/mol. The fraction of sp³-hybridized carbons (Fsp3) is 0.0909. The Hall–Kier alpha value is -1.60. The van der Waals surface area contributed by atoms with E-state index < -0.39 is 5.97 Å². The first-order chi connectivity index (χ1) is 8.52. The summed E-state index contributed by atoms with van der Waals surface area (Å²) in [6.07, 6.45) is 0. The molecule has 3 N–H and O–H groups in total. The minimum atomic E-state index is -1.10. The molecule has 0 bridgehead atoms. The third-order valence-electron chi connectivity index (χ3n) is 2.26. The van der Waals surface area contributed by atoms with Crippen molar-refractivity contribution in [1.29, 1.82) is 0 Å². The van der Waals surface area contributed by atoms with Crippen LogP contribution < -0.4 is 10.5 Å². The van der Waals surface area contributed by atoms with Crippen LogP contribution in [0.2, 0.25) is 0 Å². The summed E-state index contributed by atoms with van der Waals surface area (Å²) in [5.41, 5.74) is 6.22. The average Bonchev–Trinajstić information content (AvgIpc) is 2.72. The molecule has 0 amide bonds. The predicted molar refractivity (Wildman–Crippen MR) is 73.2 cm³/mol. The first-order valence-corrected chi connectivity index (χ1v) is 6.47. The second-order valence-electron chi connectivity index (χ2n) is 3.38. The number of carboxylic acid groups (broad SMARTS) is 1. The molecule has 1 heterocycles. The second kappa shape index (κ2) is 4.95. The minimum Gasteiger partial charge on any atom is -0.497 e. The van der Waals surface area contributed by atoms with Gasteiger partial charge in [-0.05, 0) is 18.2 Å². The lowest BCUT2D eigenvalue weighted by Crippen LogP contribution is -1.99. The number of ether oxygens (including phenoxy) is 1. The molecule has 18 heavy (non-hydrogen) atoms. The predicted octanol–water partition coefficient (Wildman–Crippen LogP) is 2.86. The lowest BCUT2D eigenvalue weighted by atomic mass is 10.1. The highest BCUT2D eigenvalue weighted by Crippen LogP contribution is 2.38. The van der Waals surface area contributed by atoms with Crippen molar-refractivity contribution in [1.82, 2.24) is 4.98 Å². The Bertz CT molecular complexity index is 612. The van der Waals surface area contributed by atoms with Gasteiger partial charge < -0.3 is 15.6 Å². The third kappa shape index (κ3) is 2.32. The van der Waals surface area contributed by atoms with E-state index in [-0.39, 0.29) is 10.8 Å². The zero-order chi connectivity index (χ0) is 13.3. The maximum absolute atomic E-state index is 11.1. The van der Waals surface area contributed by atoms with E-state index in [1.807, 2.05) is 0 Å². The SMILES string of the molecule is COc1ccc(Br)c(-c2sc(N)nc2C(=O)O)c1. The normalized spacial score (nSPS) is 10.3. The number of methoxy groups -OCH3 is 1. The number of carboxylic acids is 1. The fourth-order valence-electron chi connectivity index (χ4n) is 1.47. The van der Waals surface area contributed by atoms with Crippen molar-refractivity contribution in [3.63, 3.8) is 0 Å². The molecule has 2 rings (SSSR count). The summed E-state index contributed by atoms with van der Waals surface area (Å²) in [5, 5.41) is 9.32. The Kier molecular flexibility index (Phi) is 3.53. The number of nitrogens with two attached hydrogens (primary N) is 1. The minimum absolute atomic E-state index is 0.0496. The molecular formula is C11H9BrN2O3S. The summed E-state index contributed by atoms with van der Waals surface area (Å²) in [5.74, 6) is -0.468. The molecule has 0 saturated heterocycles. The zero-order valence-electron chi connectivity index (χ0n) is 9.31. The van der Waals surface area contributed by atoms with Crippen LogP contribution in [-0.2, 0) is 0 Å². The summed E-state index contributed by atoms with van der Waals surface area (Å²) in [6, 6.07) is 5.30. The van der Waals surface area contributed by atoms with Gasteiger partial charge in [0.25, 0.3) is 0 Å². The molecule has 0 aliphatic rings. The maximum Gasteiger partial charge on any atom is 0.356 e. The highest BCUT2D eigenvalue weighted by Gasteiger charge is 2.20. The highest BCUT2D eigenvalue weighted by atomic mass is 79.9. The Morgan fingerprint density at radius 1 is 1.56 bits per heavy atom. The number of aromatic carboxylic acids is 1. The first-order valence-electron chi connectivity index (χ1n) is 4.86. The van der Waals surface area contributed by atoms with E-state index in [2.05, 4.69) is 20.9 Å². The quantitative estimate of drug-likeness (QED) is 0.904. The van der Waals surface area contributed by atoms with Crippen molar-refractivity contribution in [3.05, 3.63) is 28.4 Å². The second-order valence-corrected chi connectivity index (χ2v) is 5.27. The summed E-state index contributed by atoms with van der Waals surface area (Å²) < 4.78 is 5.88. The monoisotopic (exact) mass is 328 g/mol. The lowest BCUT2D eigenvalue weighted by Gasteiger charge is -2.05. The number of hydrogen-bond acceptors (Lipinski definition) is 5. The molecule has 7 heteroatoms. The molecule has 0 atom stereocenters. The number of thiazole rings is 1. The van der Waals surface area contributed by atoms with E-state index in [1.165, 1.54) is 0 Å². The van der Waals surface area contributed by atoms with Gasteiger partial charge in [0.1, 0.15) is 5.75 Å². The third-order valence-corrected chi connectivity index (χ3v) is 3.87. The van der Waals surface area contributed by atoms with Gasteiger partial charge in [-0.25, -0.2) is 9.78 Å². The van der Waals surface area contributed by atoms with E-state index >= 15 is 0 Å². The van der Waals surface area contributed by atoms with Crippen LogP contribution in [-0.4, -0.2) is 23.2 Å². The van der Waals surface area contributed by atoms with E-state index in [9.17, 15) is 4.79 Å². The molecule has 5 nitrogen and oxygen atoms in total. The summed E-state index contributed by atoms with van der Waals surface area (Å²) in [4.78, 5) is 15.4. The molecule has 0 radical (unpaired) electrons. The summed E-state index contributed by atoms with van der Waals surface area (Å²) in [6.45, 7) is 0. The Balaban J connectivity index is 2.64. The van der Waals surface area contributed by atoms with Crippen LogP contribution in [0.1, 0.15) is 10.5 Å². The van der Waals surface area contributed by atoms with Gasteiger partial charge in [-0.3, -0.25) is 0 Å². The van der Waals surface area contributed by atoms with E-state index in [0.717, 1.165) is 15.8 Å². The largest absolute Gasteiger partial charge is 0.497 e. The number of halogens is 1. The fourth-order valence-corrected chi connectivity index (χ4v) is 2.90. The van der Waals surface area contributed by atoms with Crippen molar-refractivity contribution < 1.29 is 14.6 Å². The molecule has 1 aromatic carbocycles. The smallest absolute Gasteiger partial charge is 0.356 e. The standard InChI is InChI=1S/C11H9BrN2O3S/c1-17-5-2-3-7(12)6(4-5)9-8(10(15)16)14-11(13)18-9/h2-4H,1H3,(H2,13,14)(H,15,16). The molecule has 2 aromatic rings. The first kappa shape index (κ1) is 12.8. The van der Waals surface area contributed by atoms with Gasteiger partial charge in [-0.1, -0.05) is 27.3 Å². The Morgan fingerprint density at radius 2 is 2.28 bits per heavy atom. The number of nitrogens with zero attached hydrogens (tertiary/aromatic N) is 1. The van der Waals surface area contributed by atoms with Crippen molar-refractivity contribution in [2.24, 2.45) is 0 Å². The van der Waals surface area contributed by atoms with E-state index in [4.69, 9.17) is 15.6 Å². The van der Waals surface area contributed by atoms with Gasteiger partial charge in [0.05, 0.1) is 12.0 Å². The molecule has 0 spiro atoms. The molecule has 0 unspecified atom stereocenters. The van der Waals surface area contributed by atoms with Crippen LogP contribution in [0.25, 0.3) is 10.4 Å². The zero-order valence-corrected chi connectivity index (χ0v) is 11.7. The number of anilines is 1. The van der Waals surface area contributed by atoms with Crippen LogP contribution in [0.3, 0.4) is 0 Å². The van der Waals surface area contributed by atoms with E-state index in [1.54, 1.807) is 25.3 Å². The number of rotatable bonds is 3. The van der Waals surface area contributed by atoms with Crippen molar-refractivity contribution in [3.8, 4) is 16.2 Å². The number of hydrogen-bond donors (Lipinski definition) is 2. The number of carbonyl (C=O) groups is 1. The summed E-state index contributed by atoms with van der Waals surface area (Å²) >= 11 is 4.51. The van der Waals surface area contributed by atoms with E-state index in [0.29, 0.717) is 16.2 Å². The maximum atomic E-state index is 11.1. The number of nitrogen functional groups attached to an aromatic ring is 1. The molecule has 0 fully saturated rings. The van der Waals surface area contributed by atoms with Gasteiger partial charge >= 0.3 is 5.97 Å². The topological polar surface area (TPSA) is 85.4 Å². The van der Waals surface area contributed by atoms with Crippen LogP contribution >= 0.6 is 27.3 Å². The Morgan fingerprint density at radius 3 is 2.89 bits per heavy atom. The lowest BCUT2D eigenvalue weighted by molar-refractivity contribution is 0.0692. The van der Waals surface area contributed by atoms with Crippen LogP contribution in [0.15, 0.2) is 22.7 Å². The van der Waals surface area contributed by atoms with Gasteiger partial charge in [0, 0.05) is 10.0 Å². The van der Waals surface area contributed by atoms with Gasteiger partial charge in [-0.2, -0.15) is 0 Å². The molecule has 0 aliphatic heterocycles. The van der Waals surface area contributed by atoms with Crippen molar-refractivity contribution >= 4 is 38.4 Å². The van der Waals surface area contributed by atoms with Gasteiger partial charge in [0.2, 0.25) is 0 Å². The van der Waals surface area contributed by atoms with Crippen molar-refractivity contribution in [2.75, 3.05) is 12.8 Å². The van der Waals surface area contributed by atoms with Gasteiger partial charge in [0.15, 0.2) is 10.8 Å². The Labute approximate surface area is 115 Å². The van der Waals surface area contributed by atoms with Crippen molar-refractivity contribution in [2.45, 2.75) is 0 Å². The van der Waals surface area contributed by atoms with Crippen LogP contribution in [0, 0.1) is 0 Å². The molecular weight excluding hydrogens is 320 g/mol. The number of aromatic nitrogens is 1. The number of benzene rings is 1. The molecule has 1 aromatic heterocycles. The highest BCUT2D eigenvalue weighted by molar-refractivity contribution is 9.10. The summed E-state index contributed by atoms with van der Waals surface area (Å²) in [7, 11) is 1.55. The molecule has 94 valence electrons.